The van der Waals surface area contributed by atoms with Gasteiger partial charge in [0.1, 0.15) is 24.6 Å². The molecule has 0 radical (unpaired) electrons. The third kappa shape index (κ3) is 3.97. The summed E-state index contributed by atoms with van der Waals surface area (Å²) in [7, 11) is -3.66. The van der Waals surface area contributed by atoms with E-state index in [-0.39, 0.29) is 35.2 Å². The Morgan fingerprint density at radius 1 is 1.17 bits per heavy atom. The fourth-order valence-corrected chi connectivity index (χ4v) is 4.60. The Balaban J connectivity index is 1.47. The predicted molar refractivity (Wildman–Crippen MR) is 111 cm³/mol. The number of amides is 1. The van der Waals surface area contributed by atoms with Crippen LogP contribution in [-0.4, -0.2) is 45.5 Å². The van der Waals surface area contributed by atoms with Crippen molar-refractivity contribution in [1.82, 2.24) is 10.0 Å². The van der Waals surface area contributed by atoms with Gasteiger partial charge in [0.2, 0.25) is 5.91 Å². The van der Waals surface area contributed by atoms with Crippen LogP contribution in [0.2, 0.25) is 0 Å². The molecule has 2 N–H and O–H groups in total. The minimum Gasteiger partial charge on any atom is -0.486 e. The van der Waals surface area contributed by atoms with Crippen molar-refractivity contribution in [2.75, 3.05) is 13.2 Å². The second-order valence-electron chi connectivity index (χ2n) is 7.51. The third-order valence-electron chi connectivity index (χ3n) is 4.90. The predicted octanol–water partition coefficient (Wildman–Crippen LogP) is 1.71. The third-order valence-corrected chi connectivity index (χ3v) is 6.30. The first-order chi connectivity index (χ1) is 14.3. The zero-order chi connectivity index (χ0) is 21.3. The lowest BCUT2D eigenvalue weighted by atomic mass is 10.0. The SMILES string of the molecule is CC(C)C(N=C1NS(=O)(=O)c2ccccc21)C(=O)NCC1COc2ccccc2O1. The van der Waals surface area contributed by atoms with Gasteiger partial charge in [-0.25, -0.2) is 8.42 Å². The van der Waals surface area contributed by atoms with Crippen molar-refractivity contribution < 1.29 is 22.7 Å². The van der Waals surface area contributed by atoms with E-state index in [1.807, 2.05) is 38.1 Å². The van der Waals surface area contributed by atoms with E-state index >= 15 is 0 Å². The van der Waals surface area contributed by atoms with E-state index in [1.54, 1.807) is 18.2 Å². The molecule has 2 aromatic carbocycles. The number of sulfonamides is 1. The fourth-order valence-electron chi connectivity index (χ4n) is 3.36. The van der Waals surface area contributed by atoms with Gasteiger partial charge in [0.15, 0.2) is 11.5 Å². The van der Waals surface area contributed by atoms with Gasteiger partial charge in [0.25, 0.3) is 10.0 Å². The Kier molecular flexibility index (Phi) is 5.38. The van der Waals surface area contributed by atoms with Gasteiger partial charge in [-0.2, -0.15) is 0 Å². The van der Waals surface area contributed by atoms with Crippen LogP contribution >= 0.6 is 0 Å². The molecule has 2 atom stereocenters. The number of nitrogens with one attached hydrogen (secondary N) is 2. The summed E-state index contributed by atoms with van der Waals surface area (Å²) in [5.41, 5.74) is 0.469. The summed E-state index contributed by atoms with van der Waals surface area (Å²) < 4.78 is 38.6. The van der Waals surface area contributed by atoms with Gasteiger partial charge in [0.05, 0.1) is 11.4 Å². The van der Waals surface area contributed by atoms with Gasteiger partial charge >= 0.3 is 0 Å². The second-order valence-corrected chi connectivity index (χ2v) is 9.16. The highest BCUT2D eigenvalue weighted by atomic mass is 32.2. The van der Waals surface area contributed by atoms with Gasteiger partial charge in [-0.3, -0.25) is 14.5 Å². The fraction of sp³-hybridized carbons (Fsp3) is 0.333. The number of carbonyl (C=O) groups is 1. The molecule has 9 heteroatoms. The summed E-state index contributed by atoms with van der Waals surface area (Å²) in [4.78, 5) is 17.5. The summed E-state index contributed by atoms with van der Waals surface area (Å²) >= 11 is 0. The van der Waals surface area contributed by atoms with Crippen LogP contribution in [-0.2, 0) is 14.8 Å². The Morgan fingerprint density at radius 2 is 1.87 bits per heavy atom. The first-order valence-corrected chi connectivity index (χ1v) is 11.2. The average molecular weight is 429 g/mol. The summed E-state index contributed by atoms with van der Waals surface area (Å²) in [5, 5.41) is 2.86. The Morgan fingerprint density at radius 3 is 2.63 bits per heavy atom. The quantitative estimate of drug-likeness (QED) is 0.753. The summed E-state index contributed by atoms with van der Waals surface area (Å²) in [6.45, 7) is 4.30. The van der Waals surface area contributed by atoms with Crippen LogP contribution in [0.15, 0.2) is 58.4 Å². The molecule has 2 unspecified atom stereocenters. The molecule has 0 saturated carbocycles. The van der Waals surface area contributed by atoms with Crippen molar-refractivity contribution in [3.63, 3.8) is 0 Å². The molecule has 0 bridgehead atoms. The van der Waals surface area contributed by atoms with Gasteiger partial charge < -0.3 is 14.8 Å². The lowest BCUT2D eigenvalue weighted by molar-refractivity contribution is -0.123. The lowest BCUT2D eigenvalue weighted by Gasteiger charge is -2.27. The van der Waals surface area contributed by atoms with E-state index < -0.39 is 16.1 Å². The molecule has 0 saturated heterocycles. The maximum absolute atomic E-state index is 12.8. The average Bonchev–Trinajstić information content (AvgIpc) is 3.00. The first kappa shape index (κ1) is 20.2. The topological polar surface area (TPSA) is 106 Å². The van der Waals surface area contributed by atoms with Crippen LogP contribution in [0.25, 0.3) is 0 Å². The molecular formula is C21H23N3O5S. The standard InChI is InChI=1S/C21H23N3O5S/c1-13(2)19(23-20-15-7-3-6-10-18(15)30(26,27)24-20)21(25)22-11-14-12-28-16-8-4-5-9-17(16)29-14/h3-10,13-14,19H,11-12H2,1-2H3,(H,22,25)(H,23,24). The van der Waals surface area contributed by atoms with Crippen molar-refractivity contribution >= 4 is 21.8 Å². The van der Waals surface area contributed by atoms with Crippen molar-refractivity contribution in [3.05, 3.63) is 54.1 Å². The molecule has 8 nitrogen and oxygen atoms in total. The summed E-state index contributed by atoms with van der Waals surface area (Å²) in [6.07, 6.45) is -0.324. The maximum atomic E-state index is 12.8. The smallest absolute Gasteiger partial charge is 0.263 e. The number of hydrogen-bond acceptors (Lipinski definition) is 6. The number of hydrogen-bond donors (Lipinski definition) is 2. The van der Waals surface area contributed by atoms with Crippen LogP contribution < -0.4 is 19.5 Å². The molecule has 4 rings (SSSR count). The Hall–Kier alpha value is -3.07. The summed E-state index contributed by atoms with van der Waals surface area (Å²) in [6, 6.07) is 13.2. The molecule has 30 heavy (non-hydrogen) atoms. The molecule has 0 spiro atoms. The monoisotopic (exact) mass is 429 g/mol. The van der Waals surface area contributed by atoms with Gasteiger partial charge in [-0.1, -0.05) is 38.1 Å². The molecule has 0 fully saturated rings. The molecular weight excluding hydrogens is 406 g/mol. The number of rotatable bonds is 5. The van der Waals surface area contributed by atoms with Crippen LogP contribution in [0.4, 0.5) is 0 Å². The molecule has 0 aromatic heterocycles. The largest absolute Gasteiger partial charge is 0.486 e. The van der Waals surface area contributed by atoms with Crippen molar-refractivity contribution in [2.45, 2.75) is 30.9 Å². The van der Waals surface area contributed by atoms with E-state index in [4.69, 9.17) is 9.47 Å². The molecule has 2 aliphatic heterocycles. The van der Waals surface area contributed by atoms with Crippen LogP contribution in [0.1, 0.15) is 19.4 Å². The van der Waals surface area contributed by atoms with E-state index in [0.717, 1.165) is 0 Å². The number of nitrogens with zero attached hydrogens (tertiary/aromatic N) is 1. The van der Waals surface area contributed by atoms with Crippen molar-refractivity contribution in [2.24, 2.45) is 10.9 Å². The zero-order valence-corrected chi connectivity index (χ0v) is 17.5. The second kappa shape index (κ2) is 7.98. The number of aliphatic imine (C=N–C) groups is 1. The number of carbonyl (C=O) groups excluding carboxylic acids is 1. The highest BCUT2D eigenvalue weighted by Gasteiger charge is 2.33. The molecule has 1 amide bonds. The van der Waals surface area contributed by atoms with Crippen molar-refractivity contribution in [1.29, 1.82) is 0 Å². The van der Waals surface area contributed by atoms with Crippen LogP contribution in [0, 0.1) is 5.92 Å². The Labute approximate surface area is 175 Å². The minimum atomic E-state index is -3.66. The Bertz CT molecular complexity index is 1100. The van der Waals surface area contributed by atoms with Gasteiger partial charge in [0, 0.05) is 5.56 Å². The molecule has 2 aliphatic rings. The number of amidine groups is 1. The highest BCUT2D eigenvalue weighted by molar-refractivity contribution is 7.90. The molecule has 158 valence electrons. The highest BCUT2D eigenvalue weighted by Crippen LogP contribution is 2.30. The van der Waals surface area contributed by atoms with Crippen LogP contribution in [0.3, 0.4) is 0 Å². The van der Waals surface area contributed by atoms with E-state index in [0.29, 0.717) is 23.7 Å². The molecule has 0 aliphatic carbocycles. The van der Waals surface area contributed by atoms with E-state index in [2.05, 4.69) is 15.0 Å². The van der Waals surface area contributed by atoms with Gasteiger partial charge in [-0.05, 0) is 30.2 Å². The van der Waals surface area contributed by atoms with Gasteiger partial charge in [-0.15, -0.1) is 0 Å². The number of para-hydroxylation sites is 2. The molecule has 2 aromatic rings. The minimum absolute atomic E-state index is 0.140. The molecule has 2 heterocycles. The number of ether oxygens (including phenoxy) is 2. The zero-order valence-electron chi connectivity index (χ0n) is 16.7. The summed E-state index contributed by atoms with van der Waals surface area (Å²) in [5.74, 6) is 1.06. The lowest BCUT2D eigenvalue weighted by Crippen LogP contribution is -2.45. The normalized spacial score (nSPS) is 21.0. The first-order valence-electron chi connectivity index (χ1n) is 9.71. The van der Waals surface area contributed by atoms with Crippen LogP contribution in [0.5, 0.6) is 11.5 Å². The van der Waals surface area contributed by atoms with E-state index in [1.165, 1.54) is 6.07 Å². The van der Waals surface area contributed by atoms with Crippen molar-refractivity contribution in [3.8, 4) is 11.5 Å². The van der Waals surface area contributed by atoms with E-state index in [9.17, 15) is 13.2 Å². The maximum Gasteiger partial charge on any atom is 0.263 e. The number of fused-ring (bicyclic) bond motifs is 2. The number of benzene rings is 2.